The van der Waals surface area contributed by atoms with Gasteiger partial charge in [0.25, 0.3) is 0 Å². The second-order valence-electron chi connectivity index (χ2n) is 4.55. The van der Waals surface area contributed by atoms with E-state index in [4.69, 9.17) is 0 Å². The van der Waals surface area contributed by atoms with Gasteiger partial charge in [-0.05, 0) is 45.7 Å². The molecule has 0 saturated carbocycles. The number of rotatable bonds is 5. The SMILES string of the molecule is CCCNC1CCCN(C(C)CC)C1. The molecule has 0 radical (unpaired) electrons. The number of piperidine rings is 1. The third-order valence-corrected chi connectivity index (χ3v) is 3.35. The molecule has 2 atom stereocenters. The van der Waals surface area contributed by atoms with E-state index in [-0.39, 0.29) is 0 Å². The van der Waals surface area contributed by atoms with Gasteiger partial charge in [0.05, 0.1) is 0 Å². The van der Waals surface area contributed by atoms with E-state index in [1.54, 1.807) is 0 Å². The molecule has 1 rings (SSSR count). The Kier molecular flexibility index (Phi) is 5.49. The number of likely N-dealkylation sites (tertiary alicyclic amines) is 1. The van der Waals surface area contributed by atoms with Gasteiger partial charge in [0, 0.05) is 18.6 Å². The molecule has 2 unspecified atom stereocenters. The first-order valence-electron chi connectivity index (χ1n) is 6.25. The topological polar surface area (TPSA) is 15.3 Å². The highest BCUT2D eigenvalue weighted by Gasteiger charge is 2.21. The lowest BCUT2D eigenvalue weighted by atomic mass is 10.0. The minimum atomic E-state index is 0.748. The van der Waals surface area contributed by atoms with E-state index >= 15 is 0 Å². The van der Waals surface area contributed by atoms with Crippen LogP contribution in [0.5, 0.6) is 0 Å². The normalized spacial score (nSPS) is 26.4. The quantitative estimate of drug-likeness (QED) is 0.729. The summed E-state index contributed by atoms with van der Waals surface area (Å²) >= 11 is 0. The van der Waals surface area contributed by atoms with E-state index in [1.165, 1.54) is 45.3 Å². The second-order valence-corrected chi connectivity index (χ2v) is 4.55. The predicted octanol–water partition coefficient (Wildman–Crippen LogP) is 2.25. The van der Waals surface area contributed by atoms with E-state index in [2.05, 4.69) is 31.0 Å². The first-order valence-corrected chi connectivity index (χ1v) is 6.25. The van der Waals surface area contributed by atoms with Gasteiger partial charge in [-0.1, -0.05) is 13.8 Å². The van der Waals surface area contributed by atoms with Crippen LogP contribution < -0.4 is 5.32 Å². The standard InChI is InChI=1S/C12H26N2/c1-4-8-13-12-7-6-9-14(10-12)11(3)5-2/h11-13H,4-10H2,1-3H3. The highest BCUT2D eigenvalue weighted by Crippen LogP contribution is 2.14. The highest BCUT2D eigenvalue weighted by atomic mass is 15.2. The van der Waals surface area contributed by atoms with Crippen molar-refractivity contribution in [2.45, 2.75) is 58.5 Å². The van der Waals surface area contributed by atoms with Crippen LogP contribution >= 0.6 is 0 Å². The fourth-order valence-corrected chi connectivity index (χ4v) is 2.18. The van der Waals surface area contributed by atoms with Crippen LogP contribution in [0.15, 0.2) is 0 Å². The Morgan fingerprint density at radius 1 is 1.43 bits per heavy atom. The maximum atomic E-state index is 3.64. The smallest absolute Gasteiger partial charge is 0.0195 e. The number of nitrogens with one attached hydrogen (secondary N) is 1. The summed E-state index contributed by atoms with van der Waals surface area (Å²) in [5, 5.41) is 3.64. The van der Waals surface area contributed by atoms with E-state index in [0.717, 1.165) is 12.1 Å². The lowest BCUT2D eigenvalue weighted by Crippen LogP contribution is -2.48. The van der Waals surface area contributed by atoms with E-state index in [1.807, 2.05) is 0 Å². The Bertz CT molecular complexity index is 147. The minimum absolute atomic E-state index is 0.748. The second kappa shape index (κ2) is 6.41. The van der Waals surface area contributed by atoms with Crippen molar-refractivity contribution in [3.63, 3.8) is 0 Å². The Labute approximate surface area is 89.1 Å². The molecule has 14 heavy (non-hydrogen) atoms. The van der Waals surface area contributed by atoms with Gasteiger partial charge in [-0.25, -0.2) is 0 Å². The third-order valence-electron chi connectivity index (χ3n) is 3.35. The Hall–Kier alpha value is -0.0800. The molecule has 0 aromatic rings. The van der Waals surface area contributed by atoms with E-state index < -0.39 is 0 Å². The van der Waals surface area contributed by atoms with Crippen molar-refractivity contribution in [3.05, 3.63) is 0 Å². The largest absolute Gasteiger partial charge is 0.313 e. The summed E-state index contributed by atoms with van der Waals surface area (Å²) in [5.41, 5.74) is 0. The summed E-state index contributed by atoms with van der Waals surface area (Å²) < 4.78 is 0. The number of hydrogen-bond donors (Lipinski definition) is 1. The van der Waals surface area contributed by atoms with Crippen LogP contribution in [0.1, 0.15) is 46.5 Å². The van der Waals surface area contributed by atoms with Crippen LogP contribution in [0, 0.1) is 0 Å². The summed E-state index contributed by atoms with van der Waals surface area (Å²) in [7, 11) is 0. The lowest BCUT2D eigenvalue weighted by Gasteiger charge is -2.36. The first-order chi connectivity index (χ1) is 6.77. The monoisotopic (exact) mass is 198 g/mol. The molecule has 2 nitrogen and oxygen atoms in total. The maximum Gasteiger partial charge on any atom is 0.0195 e. The van der Waals surface area contributed by atoms with Gasteiger partial charge in [-0.3, -0.25) is 4.90 Å². The molecule has 0 aliphatic carbocycles. The molecular formula is C12H26N2. The van der Waals surface area contributed by atoms with Gasteiger partial charge in [0.2, 0.25) is 0 Å². The molecule has 1 aliphatic heterocycles. The Morgan fingerprint density at radius 2 is 2.21 bits per heavy atom. The lowest BCUT2D eigenvalue weighted by molar-refractivity contribution is 0.143. The molecule has 84 valence electrons. The average molecular weight is 198 g/mol. The molecular weight excluding hydrogens is 172 g/mol. The first kappa shape index (κ1) is 12.0. The van der Waals surface area contributed by atoms with Gasteiger partial charge in [0.15, 0.2) is 0 Å². The van der Waals surface area contributed by atoms with Gasteiger partial charge in [-0.2, -0.15) is 0 Å². The molecule has 1 N–H and O–H groups in total. The highest BCUT2D eigenvalue weighted by molar-refractivity contribution is 4.80. The molecule has 1 saturated heterocycles. The molecule has 2 heteroatoms. The molecule has 1 aliphatic rings. The van der Waals surface area contributed by atoms with Crippen molar-refractivity contribution in [1.29, 1.82) is 0 Å². The van der Waals surface area contributed by atoms with Gasteiger partial charge in [-0.15, -0.1) is 0 Å². The van der Waals surface area contributed by atoms with Crippen LogP contribution in [-0.4, -0.2) is 36.6 Å². The van der Waals surface area contributed by atoms with Crippen LogP contribution in [0.4, 0.5) is 0 Å². The van der Waals surface area contributed by atoms with Crippen LogP contribution in [-0.2, 0) is 0 Å². The molecule has 0 bridgehead atoms. The van der Waals surface area contributed by atoms with Crippen molar-refractivity contribution < 1.29 is 0 Å². The summed E-state index contributed by atoms with van der Waals surface area (Å²) in [4.78, 5) is 2.64. The predicted molar refractivity (Wildman–Crippen MR) is 62.6 cm³/mol. The summed E-state index contributed by atoms with van der Waals surface area (Å²) in [6.07, 6.45) is 5.26. The van der Waals surface area contributed by atoms with Gasteiger partial charge < -0.3 is 5.32 Å². The summed E-state index contributed by atoms with van der Waals surface area (Å²) in [6.45, 7) is 10.6. The fraction of sp³-hybridized carbons (Fsp3) is 1.00. The van der Waals surface area contributed by atoms with Gasteiger partial charge in [0.1, 0.15) is 0 Å². The molecule has 0 amide bonds. The van der Waals surface area contributed by atoms with Crippen molar-refractivity contribution in [1.82, 2.24) is 10.2 Å². The number of nitrogens with zero attached hydrogens (tertiary/aromatic N) is 1. The van der Waals surface area contributed by atoms with Crippen molar-refractivity contribution in [2.24, 2.45) is 0 Å². The minimum Gasteiger partial charge on any atom is -0.313 e. The van der Waals surface area contributed by atoms with Crippen LogP contribution in [0.3, 0.4) is 0 Å². The van der Waals surface area contributed by atoms with E-state index in [9.17, 15) is 0 Å². The zero-order valence-corrected chi connectivity index (χ0v) is 10.1. The molecule has 1 fully saturated rings. The Morgan fingerprint density at radius 3 is 2.86 bits per heavy atom. The molecule has 0 aromatic carbocycles. The maximum absolute atomic E-state index is 3.64. The summed E-state index contributed by atoms with van der Waals surface area (Å²) in [5.74, 6) is 0. The average Bonchev–Trinajstić information content (AvgIpc) is 2.25. The van der Waals surface area contributed by atoms with Gasteiger partial charge >= 0.3 is 0 Å². The Balaban J connectivity index is 2.28. The fourth-order valence-electron chi connectivity index (χ4n) is 2.18. The zero-order chi connectivity index (χ0) is 10.4. The zero-order valence-electron chi connectivity index (χ0n) is 10.1. The molecule has 1 heterocycles. The molecule has 0 aromatic heterocycles. The summed E-state index contributed by atoms with van der Waals surface area (Å²) in [6, 6.07) is 1.51. The third kappa shape index (κ3) is 3.58. The van der Waals surface area contributed by atoms with Crippen molar-refractivity contribution in [3.8, 4) is 0 Å². The molecule has 0 spiro atoms. The number of hydrogen-bond acceptors (Lipinski definition) is 2. The van der Waals surface area contributed by atoms with Crippen molar-refractivity contribution >= 4 is 0 Å². The van der Waals surface area contributed by atoms with Crippen LogP contribution in [0.2, 0.25) is 0 Å². The van der Waals surface area contributed by atoms with E-state index in [0.29, 0.717) is 0 Å². The van der Waals surface area contributed by atoms with Crippen LogP contribution in [0.25, 0.3) is 0 Å². The van der Waals surface area contributed by atoms with Crippen molar-refractivity contribution in [2.75, 3.05) is 19.6 Å².